The Kier molecular flexibility index (Phi) is 4.62. The molecule has 0 radical (unpaired) electrons. The second-order valence-electron chi connectivity index (χ2n) is 4.42. The molecule has 0 saturated heterocycles. The molecule has 94 valence electrons. The topological polar surface area (TPSA) is 58.0 Å². The lowest BCUT2D eigenvalue weighted by molar-refractivity contribution is 0.178. The Morgan fingerprint density at radius 3 is 3.00 bits per heavy atom. The third-order valence-electron chi connectivity index (χ3n) is 3.33. The maximum atomic E-state index is 9.36. The first kappa shape index (κ1) is 12.6. The van der Waals surface area contributed by atoms with Crippen molar-refractivity contribution in [2.75, 3.05) is 18.2 Å². The Labute approximate surface area is 106 Å². The van der Waals surface area contributed by atoms with E-state index < -0.39 is 0 Å². The van der Waals surface area contributed by atoms with Crippen LogP contribution in [0.1, 0.15) is 25.7 Å². The molecule has 2 N–H and O–H groups in total. The van der Waals surface area contributed by atoms with Crippen LogP contribution in [0.5, 0.6) is 0 Å². The normalized spacial score (nSPS) is 24.6. The molecule has 1 aromatic heterocycles. The van der Waals surface area contributed by atoms with Gasteiger partial charge in [0.2, 0.25) is 0 Å². The third-order valence-corrected chi connectivity index (χ3v) is 3.97. The molecule has 0 aromatic carbocycles. The Morgan fingerprint density at radius 1 is 1.41 bits per heavy atom. The number of thioether (sulfide) groups is 1. The van der Waals surface area contributed by atoms with Crippen LogP contribution in [-0.2, 0) is 0 Å². The van der Waals surface area contributed by atoms with Gasteiger partial charge in [0.25, 0.3) is 0 Å². The maximum absolute atomic E-state index is 9.36. The fourth-order valence-corrected chi connectivity index (χ4v) is 2.72. The van der Waals surface area contributed by atoms with Crippen LogP contribution >= 0.6 is 11.8 Å². The number of nitrogens with zero attached hydrogens (tertiary/aromatic N) is 2. The van der Waals surface area contributed by atoms with Crippen molar-refractivity contribution in [3.63, 3.8) is 0 Å². The summed E-state index contributed by atoms with van der Waals surface area (Å²) < 4.78 is 0. The molecule has 1 aromatic rings. The van der Waals surface area contributed by atoms with Crippen LogP contribution < -0.4 is 5.32 Å². The molecule has 0 spiro atoms. The van der Waals surface area contributed by atoms with Gasteiger partial charge in [0, 0.05) is 24.6 Å². The monoisotopic (exact) mass is 253 g/mol. The van der Waals surface area contributed by atoms with E-state index in [1.807, 2.05) is 12.3 Å². The summed E-state index contributed by atoms with van der Waals surface area (Å²) in [5, 5.41) is 13.8. The number of hydrogen-bond donors (Lipinski definition) is 2. The minimum atomic E-state index is 0.262. The van der Waals surface area contributed by atoms with Crippen molar-refractivity contribution < 1.29 is 5.11 Å². The molecule has 1 saturated carbocycles. The second kappa shape index (κ2) is 6.21. The molecule has 17 heavy (non-hydrogen) atoms. The van der Waals surface area contributed by atoms with Crippen LogP contribution in [0.3, 0.4) is 0 Å². The summed E-state index contributed by atoms with van der Waals surface area (Å²) >= 11 is 1.61. The molecule has 2 atom stereocenters. The average molecular weight is 253 g/mol. The highest BCUT2D eigenvalue weighted by molar-refractivity contribution is 7.98. The number of aliphatic hydroxyl groups is 1. The number of anilines is 1. The molecule has 2 unspecified atom stereocenters. The van der Waals surface area contributed by atoms with E-state index in [9.17, 15) is 5.11 Å². The van der Waals surface area contributed by atoms with E-state index in [0.29, 0.717) is 12.0 Å². The van der Waals surface area contributed by atoms with Crippen molar-refractivity contribution in [3.8, 4) is 0 Å². The fourth-order valence-electron chi connectivity index (χ4n) is 2.34. The largest absolute Gasteiger partial charge is 0.396 e. The summed E-state index contributed by atoms with van der Waals surface area (Å²) in [6.45, 7) is 0.262. The predicted molar refractivity (Wildman–Crippen MR) is 70.3 cm³/mol. The Bertz CT molecular complexity index is 361. The highest BCUT2D eigenvalue weighted by atomic mass is 32.2. The molecule has 2 rings (SSSR count). The number of rotatable bonds is 4. The van der Waals surface area contributed by atoms with Crippen molar-refractivity contribution in [3.05, 3.63) is 12.4 Å². The van der Waals surface area contributed by atoms with Crippen molar-refractivity contribution in [1.29, 1.82) is 0 Å². The van der Waals surface area contributed by atoms with Crippen molar-refractivity contribution in [2.45, 2.75) is 36.8 Å². The summed E-state index contributed by atoms with van der Waals surface area (Å²) in [6, 6.07) is 2.31. The van der Waals surface area contributed by atoms with Crippen molar-refractivity contribution >= 4 is 17.6 Å². The summed E-state index contributed by atoms with van der Waals surface area (Å²) in [5.74, 6) is 1.23. The van der Waals surface area contributed by atoms with E-state index in [1.54, 1.807) is 18.1 Å². The summed E-state index contributed by atoms with van der Waals surface area (Å²) in [5.41, 5.74) is 0. The van der Waals surface area contributed by atoms with Crippen LogP contribution in [0, 0.1) is 5.92 Å². The number of nitrogens with one attached hydrogen (secondary N) is 1. The van der Waals surface area contributed by atoms with Gasteiger partial charge < -0.3 is 10.4 Å². The minimum absolute atomic E-state index is 0.262. The van der Waals surface area contributed by atoms with Crippen molar-refractivity contribution in [1.82, 2.24) is 9.97 Å². The summed E-state index contributed by atoms with van der Waals surface area (Å²) in [7, 11) is 0. The number of aliphatic hydroxyl groups excluding tert-OH is 1. The Balaban J connectivity index is 2.02. The standard InChI is InChI=1S/C12H19N3OS/c1-17-12-6-11(13-8-14-12)15-10-5-3-2-4-9(10)7-16/h6,8-10,16H,2-5,7H2,1H3,(H,13,14,15). The Morgan fingerprint density at radius 2 is 2.24 bits per heavy atom. The minimum Gasteiger partial charge on any atom is -0.396 e. The van der Waals surface area contributed by atoms with Gasteiger partial charge in [-0.05, 0) is 19.1 Å². The predicted octanol–water partition coefficient (Wildman–Crippen LogP) is 2.16. The van der Waals surface area contributed by atoms with Crippen LogP contribution in [-0.4, -0.2) is 34.0 Å². The van der Waals surface area contributed by atoms with Crippen LogP contribution in [0.4, 0.5) is 5.82 Å². The molecular weight excluding hydrogens is 234 g/mol. The van der Waals surface area contributed by atoms with Gasteiger partial charge in [-0.15, -0.1) is 11.8 Å². The Hall–Kier alpha value is -0.810. The summed E-state index contributed by atoms with van der Waals surface area (Å²) in [4.78, 5) is 8.39. The van der Waals surface area contributed by atoms with Crippen LogP contribution in [0.2, 0.25) is 0 Å². The molecule has 1 heterocycles. The lowest BCUT2D eigenvalue weighted by Crippen LogP contribution is -2.34. The summed E-state index contributed by atoms with van der Waals surface area (Å²) in [6.07, 6.45) is 8.27. The van der Waals surface area contributed by atoms with Gasteiger partial charge in [0.1, 0.15) is 17.2 Å². The molecule has 5 heteroatoms. The van der Waals surface area contributed by atoms with Gasteiger partial charge >= 0.3 is 0 Å². The molecule has 0 aliphatic heterocycles. The second-order valence-corrected chi connectivity index (χ2v) is 5.25. The van der Waals surface area contributed by atoms with Gasteiger partial charge in [0.15, 0.2) is 0 Å². The van der Waals surface area contributed by atoms with E-state index in [0.717, 1.165) is 23.7 Å². The fraction of sp³-hybridized carbons (Fsp3) is 0.667. The van der Waals surface area contributed by atoms with E-state index in [2.05, 4.69) is 15.3 Å². The SMILES string of the molecule is CSc1cc(NC2CCCCC2CO)ncn1. The smallest absolute Gasteiger partial charge is 0.130 e. The highest BCUT2D eigenvalue weighted by Crippen LogP contribution is 2.26. The lowest BCUT2D eigenvalue weighted by atomic mass is 9.85. The highest BCUT2D eigenvalue weighted by Gasteiger charge is 2.24. The maximum Gasteiger partial charge on any atom is 0.130 e. The molecule has 0 amide bonds. The van der Waals surface area contributed by atoms with Gasteiger partial charge in [-0.2, -0.15) is 0 Å². The molecule has 1 fully saturated rings. The van der Waals surface area contributed by atoms with Gasteiger partial charge in [-0.1, -0.05) is 12.8 Å². The van der Waals surface area contributed by atoms with Crippen molar-refractivity contribution in [2.24, 2.45) is 5.92 Å². The third kappa shape index (κ3) is 3.33. The van der Waals surface area contributed by atoms with Crippen LogP contribution in [0.25, 0.3) is 0 Å². The lowest BCUT2D eigenvalue weighted by Gasteiger charge is -2.31. The molecule has 1 aliphatic carbocycles. The van der Waals surface area contributed by atoms with E-state index in [-0.39, 0.29) is 6.61 Å². The molecule has 1 aliphatic rings. The molecule has 4 nitrogen and oxygen atoms in total. The number of aromatic nitrogens is 2. The average Bonchev–Trinajstić information content (AvgIpc) is 2.39. The molecular formula is C12H19N3OS. The zero-order valence-electron chi connectivity index (χ0n) is 10.1. The van der Waals surface area contributed by atoms with E-state index in [1.165, 1.54) is 12.8 Å². The van der Waals surface area contributed by atoms with E-state index in [4.69, 9.17) is 0 Å². The molecule has 0 bridgehead atoms. The first-order valence-electron chi connectivity index (χ1n) is 6.07. The van der Waals surface area contributed by atoms with Gasteiger partial charge in [-0.25, -0.2) is 9.97 Å². The zero-order valence-corrected chi connectivity index (χ0v) is 10.9. The quantitative estimate of drug-likeness (QED) is 0.636. The van der Waals surface area contributed by atoms with Crippen LogP contribution in [0.15, 0.2) is 17.4 Å². The first-order valence-corrected chi connectivity index (χ1v) is 7.29. The van der Waals surface area contributed by atoms with Gasteiger partial charge in [0.05, 0.1) is 0 Å². The number of hydrogen-bond acceptors (Lipinski definition) is 5. The zero-order chi connectivity index (χ0) is 12.1. The van der Waals surface area contributed by atoms with Gasteiger partial charge in [-0.3, -0.25) is 0 Å². The van der Waals surface area contributed by atoms with E-state index >= 15 is 0 Å². The first-order chi connectivity index (χ1) is 8.33.